The summed E-state index contributed by atoms with van der Waals surface area (Å²) in [5.41, 5.74) is 4.04. The molecule has 0 atom stereocenters. The summed E-state index contributed by atoms with van der Waals surface area (Å²) >= 11 is 0. The summed E-state index contributed by atoms with van der Waals surface area (Å²) in [6.45, 7) is 7.17. The van der Waals surface area contributed by atoms with Gasteiger partial charge in [-0.25, -0.2) is 0 Å². The highest BCUT2D eigenvalue weighted by atomic mass is 16.5. The second-order valence-corrected chi connectivity index (χ2v) is 6.09. The van der Waals surface area contributed by atoms with Crippen molar-refractivity contribution in [1.29, 1.82) is 0 Å². The molecule has 25 heavy (non-hydrogen) atoms. The van der Waals surface area contributed by atoms with Gasteiger partial charge < -0.3 is 15.4 Å². The summed E-state index contributed by atoms with van der Waals surface area (Å²) in [6, 6.07) is 13.8. The predicted octanol–water partition coefficient (Wildman–Crippen LogP) is 4.79. The van der Waals surface area contributed by atoms with Gasteiger partial charge in [0.05, 0.1) is 13.2 Å². The minimum Gasteiger partial charge on any atom is -0.494 e. The van der Waals surface area contributed by atoms with Crippen LogP contribution in [0.15, 0.2) is 42.5 Å². The van der Waals surface area contributed by atoms with Gasteiger partial charge in [0.25, 0.3) is 0 Å². The molecule has 0 saturated heterocycles. The number of amides is 1. The summed E-state index contributed by atoms with van der Waals surface area (Å²) < 4.78 is 5.69. The van der Waals surface area contributed by atoms with E-state index in [4.69, 9.17) is 4.74 Å². The van der Waals surface area contributed by atoms with Gasteiger partial charge in [-0.15, -0.1) is 0 Å². The Hall–Kier alpha value is -2.49. The van der Waals surface area contributed by atoms with Gasteiger partial charge in [0.1, 0.15) is 5.75 Å². The molecule has 0 fully saturated rings. The third kappa shape index (κ3) is 5.82. The SMILES string of the molecule is CCCCOc1cccc(NCC(=O)Nc2c(C)cccc2CC)c1. The zero-order chi connectivity index (χ0) is 18.1. The van der Waals surface area contributed by atoms with Crippen LogP contribution in [0.3, 0.4) is 0 Å². The number of hydrogen-bond donors (Lipinski definition) is 2. The molecule has 0 unspecified atom stereocenters. The van der Waals surface area contributed by atoms with E-state index >= 15 is 0 Å². The van der Waals surface area contributed by atoms with E-state index in [1.165, 1.54) is 0 Å². The third-order valence-corrected chi connectivity index (χ3v) is 4.06. The van der Waals surface area contributed by atoms with Crippen LogP contribution in [0.5, 0.6) is 5.75 Å². The van der Waals surface area contributed by atoms with Crippen LogP contribution in [0.1, 0.15) is 37.8 Å². The fourth-order valence-corrected chi connectivity index (χ4v) is 2.60. The van der Waals surface area contributed by atoms with Gasteiger partial charge in [-0.3, -0.25) is 4.79 Å². The number of nitrogens with one attached hydrogen (secondary N) is 2. The molecule has 0 spiro atoms. The lowest BCUT2D eigenvalue weighted by Crippen LogP contribution is -2.22. The highest BCUT2D eigenvalue weighted by molar-refractivity contribution is 5.95. The third-order valence-electron chi connectivity index (χ3n) is 4.06. The Kier molecular flexibility index (Phi) is 7.33. The first-order valence-corrected chi connectivity index (χ1v) is 8.99. The monoisotopic (exact) mass is 340 g/mol. The highest BCUT2D eigenvalue weighted by Crippen LogP contribution is 2.21. The number of hydrogen-bond acceptors (Lipinski definition) is 3. The molecule has 0 saturated carbocycles. The van der Waals surface area contributed by atoms with E-state index in [1.54, 1.807) is 0 Å². The van der Waals surface area contributed by atoms with Crippen LogP contribution >= 0.6 is 0 Å². The molecular weight excluding hydrogens is 312 g/mol. The molecule has 2 aromatic carbocycles. The molecule has 1 amide bonds. The lowest BCUT2D eigenvalue weighted by molar-refractivity contribution is -0.114. The molecule has 0 heterocycles. The Bertz CT molecular complexity index is 698. The standard InChI is InChI=1S/C21H28N2O2/c1-4-6-13-25-19-12-8-11-18(14-19)22-15-20(24)23-21-16(3)9-7-10-17(21)5-2/h7-12,14,22H,4-6,13,15H2,1-3H3,(H,23,24). The topological polar surface area (TPSA) is 50.4 Å². The van der Waals surface area contributed by atoms with Crippen molar-refractivity contribution in [2.75, 3.05) is 23.8 Å². The lowest BCUT2D eigenvalue weighted by Gasteiger charge is -2.14. The zero-order valence-corrected chi connectivity index (χ0v) is 15.4. The van der Waals surface area contributed by atoms with Crippen molar-refractivity contribution in [1.82, 2.24) is 0 Å². The molecule has 0 radical (unpaired) electrons. The number of aryl methyl sites for hydroxylation is 2. The maximum Gasteiger partial charge on any atom is 0.243 e. The van der Waals surface area contributed by atoms with Gasteiger partial charge in [-0.05, 0) is 43.0 Å². The molecule has 134 valence electrons. The number of carbonyl (C=O) groups is 1. The summed E-state index contributed by atoms with van der Waals surface area (Å²) in [5.74, 6) is 0.771. The second kappa shape index (κ2) is 9.72. The average molecular weight is 340 g/mol. The molecule has 4 heteroatoms. The van der Waals surface area contributed by atoms with E-state index in [9.17, 15) is 4.79 Å². The number of para-hydroxylation sites is 1. The molecule has 0 aliphatic carbocycles. The Morgan fingerprint density at radius 1 is 1.12 bits per heavy atom. The van der Waals surface area contributed by atoms with E-state index in [0.29, 0.717) is 6.61 Å². The quantitative estimate of drug-likeness (QED) is 0.646. The molecule has 2 rings (SSSR count). The average Bonchev–Trinajstić information content (AvgIpc) is 2.62. The van der Waals surface area contributed by atoms with Crippen LogP contribution in [0.25, 0.3) is 0 Å². The first-order valence-electron chi connectivity index (χ1n) is 8.99. The normalized spacial score (nSPS) is 10.4. The van der Waals surface area contributed by atoms with Crippen molar-refractivity contribution in [2.24, 2.45) is 0 Å². The van der Waals surface area contributed by atoms with E-state index in [0.717, 1.165) is 47.5 Å². The smallest absolute Gasteiger partial charge is 0.243 e. The van der Waals surface area contributed by atoms with E-state index in [2.05, 4.69) is 24.5 Å². The predicted molar refractivity (Wildman–Crippen MR) is 105 cm³/mol. The van der Waals surface area contributed by atoms with Gasteiger partial charge in [-0.1, -0.05) is 44.5 Å². The van der Waals surface area contributed by atoms with Gasteiger partial charge >= 0.3 is 0 Å². The second-order valence-electron chi connectivity index (χ2n) is 6.09. The van der Waals surface area contributed by atoms with Crippen molar-refractivity contribution in [3.8, 4) is 5.75 Å². The molecule has 2 N–H and O–H groups in total. The van der Waals surface area contributed by atoms with Crippen LogP contribution in [0.2, 0.25) is 0 Å². The largest absolute Gasteiger partial charge is 0.494 e. The van der Waals surface area contributed by atoms with Gasteiger partial charge in [-0.2, -0.15) is 0 Å². The Morgan fingerprint density at radius 2 is 1.92 bits per heavy atom. The number of benzene rings is 2. The molecule has 0 aromatic heterocycles. The fourth-order valence-electron chi connectivity index (χ4n) is 2.60. The van der Waals surface area contributed by atoms with Gasteiger partial charge in [0.15, 0.2) is 0 Å². The Labute approximate surface area is 150 Å². The van der Waals surface area contributed by atoms with Crippen molar-refractivity contribution >= 4 is 17.3 Å². The van der Waals surface area contributed by atoms with Crippen LogP contribution in [-0.2, 0) is 11.2 Å². The highest BCUT2D eigenvalue weighted by Gasteiger charge is 2.08. The zero-order valence-electron chi connectivity index (χ0n) is 15.4. The van der Waals surface area contributed by atoms with Crippen molar-refractivity contribution in [3.05, 3.63) is 53.6 Å². The maximum atomic E-state index is 12.3. The molecule has 4 nitrogen and oxygen atoms in total. The van der Waals surface area contributed by atoms with E-state index < -0.39 is 0 Å². The molecular formula is C21H28N2O2. The fraction of sp³-hybridized carbons (Fsp3) is 0.381. The van der Waals surface area contributed by atoms with Crippen molar-refractivity contribution < 1.29 is 9.53 Å². The first-order chi connectivity index (χ1) is 12.1. The van der Waals surface area contributed by atoms with E-state index in [1.807, 2.05) is 49.4 Å². The summed E-state index contributed by atoms with van der Waals surface area (Å²) in [7, 11) is 0. The Balaban J connectivity index is 1.91. The molecule has 0 bridgehead atoms. The van der Waals surface area contributed by atoms with Crippen molar-refractivity contribution in [2.45, 2.75) is 40.0 Å². The summed E-state index contributed by atoms with van der Waals surface area (Å²) in [4.78, 5) is 12.3. The van der Waals surface area contributed by atoms with E-state index in [-0.39, 0.29) is 12.5 Å². The number of anilines is 2. The molecule has 0 aliphatic rings. The lowest BCUT2D eigenvalue weighted by atomic mass is 10.1. The van der Waals surface area contributed by atoms with Crippen LogP contribution in [0.4, 0.5) is 11.4 Å². The number of unbranched alkanes of at least 4 members (excludes halogenated alkanes) is 1. The molecule has 2 aromatic rings. The Morgan fingerprint density at radius 3 is 2.68 bits per heavy atom. The molecule has 0 aliphatic heterocycles. The maximum absolute atomic E-state index is 12.3. The number of rotatable bonds is 9. The van der Waals surface area contributed by atoms with Gasteiger partial charge in [0, 0.05) is 17.4 Å². The van der Waals surface area contributed by atoms with Crippen LogP contribution < -0.4 is 15.4 Å². The minimum absolute atomic E-state index is 0.0543. The minimum atomic E-state index is -0.0543. The number of ether oxygens (including phenoxy) is 1. The van der Waals surface area contributed by atoms with Crippen LogP contribution in [0, 0.1) is 6.92 Å². The number of carbonyl (C=O) groups excluding carboxylic acids is 1. The van der Waals surface area contributed by atoms with Crippen LogP contribution in [-0.4, -0.2) is 19.1 Å². The summed E-state index contributed by atoms with van der Waals surface area (Å²) in [5, 5.41) is 6.18. The van der Waals surface area contributed by atoms with Gasteiger partial charge in [0.2, 0.25) is 5.91 Å². The van der Waals surface area contributed by atoms with Crippen molar-refractivity contribution in [3.63, 3.8) is 0 Å². The first kappa shape index (κ1) is 18.8. The summed E-state index contributed by atoms with van der Waals surface area (Å²) in [6.07, 6.45) is 3.04.